The monoisotopic (exact) mass is 343 g/mol. The van der Waals surface area contributed by atoms with Gasteiger partial charge in [-0.2, -0.15) is 0 Å². The fourth-order valence-corrected chi connectivity index (χ4v) is 2.83. The average Bonchev–Trinajstić information content (AvgIpc) is 2.62. The van der Waals surface area contributed by atoms with Gasteiger partial charge in [0.1, 0.15) is 6.61 Å². The van der Waals surface area contributed by atoms with Gasteiger partial charge >= 0.3 is 0 Å². The van der Waals surface area contributed by atoms with Crippen molar-refractivity contribution in [2.75, 3.05) is 5.32 Å². The number of ether oxygens (including phenoxy) is 1. The molecule has 0 fully saturated rings. The van der Waals surface area contributed by atoms with E-state index in [9.17, 15) is 9.18 Å². The molecule has 0 spiro atoms. The van der Waals surface area contributed by atoms with Crippen LogP contribution in [0.1, 0.15) is 49.4 Å². The van der Waals surface area contributed by atoms with Gasteiger partial charge in [0.25, 0.3) is 0 Å². The smallest absolute Gasteiger partial charge is 0.224 e. The first-order valence-electron chi connectivity index (χ1n) is 8.82. The highest BCUT2D eigenvalue weighted by Crippen LogP contribution is 2.27. The third-order valence-corrected chi connectivity index (χ3v) is 4.39. The molecule has 0 unspecified atom stereocenters. The molecule has 0 heterocycles. The van der Waals surface area contributed by atoms with Gasteiger partial charge in [0.05, 0.1) is 0 Å². The number of anilines is 1. The SMILES string of the molecule is CCC(=O)Nc1cccc(CC)c1COc1cc(C)c(CC)cc1F. The van der Waals surface area contributed by atoms with Crippen LogP contribution in [0.4, 0.5) is 10.1 Å². The third-order valence-electron chi connectivity index (χ3n) is 4.39. The number of aryl methyl sites for hydroxylation is 3. The van der Waals surface area contributed by atoms with Crippen molar-refractivity contribution < 1.29 is 13.9 Å². The number of nitrogens with one attached hydrogen (secondary N) is 1. The van der Waals surface area contributed by atoms with Gasteiger partial charge < -0.3 is 10.1 Å². The minimum Gasteiger partial charge on any atom is -0.486 e. The van der Waals surface area contributed by atoms with E-state index in [2.05, 4.69) is 5.32 Å². The molecule has 0 aromatic heterocycles. The van der Waals surface area contributed by atoms with Crippen LogP contribution in [-0.2, 0) is 24.2 Å². The van der Waals surface area contributed by atoms with E-state index < -0.39 is 0 Å². The topological polar surface area (TPSA) is 38.3 Å². The Morgan fingerprint density at radius 1 is 1.12 bits per heavy atom. The molecule has 0 radical (unpaired) electrons. The van der Waals surface area contributed by atoms with Crippen LogP contribution in [-0.4, -0.2) is 5.91 Å². The summed E-state index contributed by atoms with van der Waals surface area (Å²) >= 11 is 0. The van der Waals surface area contributed by atoms with Crippen LogP contribution in [0.25, 0.3) is 0 Å². The first-order valence-corrected chi connectivity index (χ1v) is 8.82. The van der Waals surface area contributed by atoms with Crippen LogP contribution >= 0.6 is 0 Å². The Bertz CT molecular complexity index is 756. The molecule has 2 rings (SSSR count). The van der Waals surface area contributed by atoms with Gasteiger partial charge in [-0.25, -0.2) is 4.39 Å². The number of carbonyl (C=O) groups is 1. The van der Waals surface area contributed by atoms with E-state index in [1.54, 1.807) is 6.07 Å². The summed E-state index contributed by atoms with van der Waals surface area (Å²) in [5, 5.41) is 2.90. The maximum Gasteiger partial charge on any atom is 0.224 e. The maximum atomic E-state index is 14.3. The number of hydrogen-bond acceptors (Lipinski definition) is 2. The number of carbonyl (C=O) groups excluding carboxylic acids is 1. The highest BCUT2D eigenvalue weighted by atomic mass is 19.1. The number of amides is 1. The van der Waals surface area contributed by atoms with Crippen LogP contribution in [0.3, 0.4) is 0 Å². The average molecular weight is 343 g/mol. The first-order chi connectivity index (χ1) is 12.0. The highest BCUT2D eigenvalue weighted by Gasteiger charge is 2.13. The second kappa shape index (κ2) is 8.65. The summed E-state index contributed by atoms with van der Waals surface area (Å²) in [6, 6.07) is 9.05. The zero-order valence-corrected chi connectivity index (χ0v) is 15.4. The van der Waals surface area contributed by atoms with Gasteiger partial charge in [0, 0.05) is 17.7 Å². The van der Waals surface area contributed by atoms with E-state index in [1.807, 2.05) is 45.9 Å². The van der Waals surface area contributed by atoms with Gasteiger partial charge in [-0.1, -0.05) is 32.9 Å². The Morgan fingerprint density at radius 3 is 2.48 bits per heavy atom. The zero-order valence-electron chi connectivity index (χ0n) is 15.4. The zero-order chi connectivity index (χ0) is 18.4. The second-order valence-electron chi connectivity index (χ2n) is 6.05. The standard InChI is InChI=1S/C21H26FNO2/c1-5-15-9-8-10-19(23-21(24)7-3)17(15)13-25-20-11-14(4)16(6-2)12-18(20)22/h8-12H,5-7,13H2,1-4H3,(H,23,24). The van der Waals surface area contributed by atoms with Crippen LogP contribution in [0.2, 0.25) is 0 Å². The molecule has 1 amide bonds. The number of hydrogen-bond donors (Lipinski definition) is 1. The summed E-state index contributed by atoms with van der Waals surface area (Å²) in [6.07, 6.45) is 2.00. The number of halogens is 1. The quantitative estimate of drug-likeness (QED) is 0.751. The van der Waals surface area contributed by atoms with Crippen LogP contribution in [0.15, 0.2) is 30.3 Å². The Labute approximate surface area is 149 Å². The summed E-state index contributed by atoms with van der Waals surface area (Å²) in [5.41, 5.74) is 4.70. The molecule has 0 aliphatic carbocycles. The second-order valence-corrected chi connectivity index (χ2v) is 6.05. The van der Waals surface area contributed by atoms with E-state index >= 15 is 0 Å². The van der Waals surface area contributed by atoms with Crippen LogP contribution in [0, 0.1) is 12.7 Å². The molecule has 0 saturated heterocycles. The van der Waals surface area contributed by atoms with E-state index in [-0.39, 0.29) is 24.1 Å². The molecule has 2 aromatic carbocycles. The molecule has 0 aliphatic rings. The highest BCUT2D eigenvalue weighted by molar-refractivity contribution is 5.91. The lowest BCUT2D eigenvalue weighted by Crippen LogP contribution is -2.13. The molecule has 0 bridgehead atoms. The lowest BCUT2D eigenvalue weighted by Gasteiger charge is -2.16. The van der Waals surface area contributed by atoms with Gasteiger partial charge in [0.2, 0.25) is 5.91 Å². The molecule has 25 heavy (non-hydrogen) atoms. The molecule has 0 saturated carbocycles. The van der Waals surface area contributed by atoms with Crippen molar-refractivity contribution in [3.8, 4) is 5.75 Å². The molecular weight excluding hydrogens is 317 g/mol. The fourth-order valence-electron chi connectivity index (χ4n) is 2.83. The molecule has 1 N–H and O–H groups in total. The fraction of sp³-hybridized carbons (Fsp3) is 0.381. The summed E-state index contributed by atoms with van der Waals surface area (Å²) in [5.74, 6) is -0.159. The van der Waals surface area contributed by atoms with Crippen molar-refractivity contribution >= 4 is 11.6 Å². The van der Waals surface area contributed by atoms with Gasteiger partial charge in [-0.15, -0.1) is 0 Å². The lowest BCUT2D eigenvalue weighted by molar-refractivity contribution is -0.115. The van der Waals surface area contributed by atoms with E-state index in [0.717, 1.165) is 40.8 Å². The predicted octanol–water partition coefficient (Wildman–Crippen LogP) is 5.19. The number of benzene rings is 2. The van der Waals surface area contributed by atoms with Gasteiger partial charge in [-0.05, 0) is 54.7 Å². The third kappa shape index (κ3) is 4.59. The summed E-state index contributed by atoms with van der Waals surface area (Å²) < 4.78 is 20.0. The number of rotatable bonds is 7. The normalized spacial score (nSPS) is 10.6. The minimum absolute atomic E-state index is 0.0520. The van der Waals surface area contributed by atoms with Crippen molar-refractivity contribution in [3.63, 3.8) is 0 Å². The molecule has 0 aliphatic heterocycles. The van der Waals surface area contributed by atoms with Crippen LogP contribution in [0.5, 0.6) is 5.75 Å². The summed E-state index contributed by atoms with van der Waals surface area (Å²) in [6.45, 7) is 8.03. The summed E-state index contributed by atoms with van der Waals surface area (Å²) in [7, 11) is 0. The van der Waals surface area contributed by atoms with Crippen LogP contribution < -0.4 is 10.1 Å². The predicted molar refractivity (Wildman–Crippen MR) is 99.6 cm³/mol. The van der Waals surface area contributed by atoms with Crippen molar-refractivity contribution in [3.05, 3.63) is 58.4 Å². The molecule has 2 aromatic rings. The van der Waals surface area contributed by atoms with E-state index in [1.165, 1.54) is 6.07 Å². The Balaban J connectivity index is 2.28. The molecule has 0 atom stereocenters. The molecule has 134 valence electrons. The van der Waals surface area contributed by atoms with Crippen molar-refractivity contribution in [2.45, 2.75) is 53.6 Å². The largest absolute Gasteiger partial charge is 0.486 e. The Kier molecular flexibility index (Phi) is 6.57. The maximum absolute atomic E-state index is 14.3. The van der Waals surface area contributed by atoms with E-state index in [0.29, 0.717) is 6.42 Å². The van der Waals surface area contributed by atoms with Gasteiger partial charge in [-0.3, -0.25) is 4.79 Å². The Hall–Kier alpha value is -2.36. The minimum atomic E-state index is -0.351. The lowest BCUT2D eigenvalue weighted by atomic mass is 10.0. The molecular formula is C21H26FNO2. The summed E-state index contributed by atoms with van der Waals surface area (Å²) in [4.78, 5) is 11.8. The van der Waals surface area contributed by atoms with Crippen molar-refractivity contribution in [1.82, 2.24) is 0 Å². The van der Waals surface area contributed by atoms with Crippen molar-refractivity contribution in [2.24, 2.45) is 0 Å². The Morgan fingerprint density at radius 2 is 1.84 bits per heavy atom. The molecule has 3 nitrogen and oxygen atoms in total. The van der Waals surface area contributed by atoms with E-state index in [4.69, 9.17) is 4.74 Å². The molecule has 4 heteroatoms. The van der Waals surface area contributed by atoms with Crippen molar-refractivity contribution in [1.29, 1.82) is 0 Å². The van der Waals surface area contributed by atoms with Gasteiger partial charge in [0.15, 0.2) is 11.6 Å². The first kappa shape index (κ1) is 19.0.